The van der Waals surface area contributed by atoms with E-state index in [2.05, 4.69) is 0 Å². The minimum Gasteiger partial charge on any atom is -0.493 e. The van der Waals surface area contributed by atoms with Gasteiger partial charge in [0.05, 0.1) is 25.7 Å². The lowest BCUT2D eigenvalue weighted by molar-refractivity contribution is -0.149. The normalized spacial score (nSPS) is 13.9. The van der Waals surface area contributed by atoms with Crippen LogP contribution in [0.25, 0.3) is 0 Å². The molecule has 1 amide bonds. The van der Waals surface area contributed by atoms with E-state index in [0.29, 0.717) is 44.0 Å². The fourth-order valence-corrected chi connectivity index (χ4v) is 3.48. The van der Waals surface area contributed by atoms with Crippen molar-refractivity contribution in [3.05, 3.63) is 59.7 Å². The van der Waals surface area contributed by atoms with E-state index in [1.54, 1.807) is 17.0 Å². The Hall–Kier alpha value is -3.55. The summed E-state index contributed by atoms with van der Waals surface area (Å²) in [7, 11) is 2.84. The first-order chi connectivity index (χ1) is 15.5. The summed E-state index contributed by atoms with van der Waals surface area (Å²) in [4.78, 5) is 38.0. The molecule has 1 saturated heterocycles. The van der Waals surface area contributed by atoms with Gasteiger partial charge in [0.25, 0.3) is 5.91 Å². The van der Waals surface area contributed by atoms with Crippen LogP contribution in [-0.4, -0.2) is 56.7 Å². The molecule has 0 radical (unpaired) electrons. The molecule has 2 aromatic carbocycles. The SMILES string of the molecule is COC(=O)C1CCN(C(=O)COC(=O)c2ccc(OCc3ccccc3)c(OC)c2)CC1. The van der Waals surface area contributed by atoms with E-state index in [0.717, 1.165) is 5.56 Å². The van der Waals surface area contributed by atoms with Gasteiger partial charge >= 0.3 is 11.9 Å². The Kier molecular flexibility index (Phi) is 8.08. The number of rotatable bonds is 8. The lowest BCUT2D eigenvalue weighted by Crippen LogP contribution is -2.42. The summed E-state index contributed by atoms with van der Waals surface area (Å²) >= 11 is 0. The molecule has 8 nitrogen and oxygen atoms in total. The zero-order valence-corrected chi connectivity index (χ0v) is 18.2. The van der Waals surface area contributed by atoms with Crippen LogP contribution in [0.2, 0.25) is 0 Å². The topological polar surface area (TPSA) is 91.4 Å². The molecule has 3 rings (SSSR count). The zero-order chi connectivity index (χ0) is 22.9. The van der Waals surface area contributed by atoms with E-state index in [-0.39, 0.29) is 30.0 Å². The molecule has 32 heavy (non-hydrogen) atoms. The third-order valence-electron chi connectivity index (χ3n) is 5.35. The summed E-state index contributed by atoms with van der Waals surface area (Å²) < 4.78 is 21.1. The van der Waals surface area contributed by atoms with Crippen LogP contribution in [0.15, 0.2) is 48.5 Å². The minimum atomic E-state index is -0.629. The van der Waals surface area contributed by atoms with Gasteiger partial charge in [-0.05, 0) is 36.6 Å². The molecule has 0 aromatic heterocycles. The molecule has 1 fully saturated rings. The molecule has 0 unspecified atom stereocenters. The Balaban J connectivity index is 1.51. The molecule has 8 heteroatoms. The monoisotopic (exact) mass is 441 g/mol. The van der Waals surface area contributed by atoms with E-state index in [4.69, 9.17) is 18.9 Å². The summed E-state index contributed by atoms with van der Waals surface area (Å²) in [6, 6.07) is 14.4. The third kappa shape index (κ3) is 6.00. The number of esters is 2. The van der Waals surface area contributed by atoms with Crippen molar-refractivity contribution in [2.75, 3.05) is 33.9 Å². The predicted molar refractivity (Wildman–Crippen MR) is 115 cm³/mol. The van der Waals surface area contributed by atoms with E-state index in [1.807, 2.05) is 30.3 Å². The van der Waals surface area contributed by atoms with Crippen molar-refractivity contribution in [2.45, 2.75) is 19.4 Å². The number of methoxy groups -OCH3 is 2. The molecule has 0 spiro atoms. The predicted octanol–water partition coefficient (Wildman–Crippen LogP) is 2.84. The van der Waals surface area contributed by atoms with Gasteiger partial charge < -0.3 is 23.8 Å². The number of likely N-dealkylation sites (tertiary alicyclic amines) is 1. The second-order valence-corrected chi connectivity index (χ2v) is 7.39. The molecule has 0 N–H and O–H groups in total. The van der Waals surface area contributed by atoms with Gasteiger partial charge in [-0.2, -0.15) is 0 Å². The van der Waals surface area contributed by atoms with Gasteiger partial charge in [-0.25, -0.2) is 4.79 Å². The summed E-state index contributed by atoms with van der Waals surface area (Å²) in [5.41, 5.74) is 1.26. The van der Waals surface area contributed by atoms with Gasteiger partial charge in [-0.15, -0.1) is 0 Å². The number of hydrogen-bond donors (Lipinski definition) is 0. The van der Waals surface area contributed by atoms with Crippen molar-refractivity contribution < 1.29 is 33.3 Å². The first-order valence-electron chi connectivity index (χ1n) is 10.4. The van der Waals surface area contributed by atoms with Crippen molar-refractivity contribution in [1.29, 1.82) is 0 Å². The molecular weight excluding hydrogens is 414 g/mol. The third-order valence-corrected chi connectivity index (χ3v) is 5.35. The highest BCUT2D eigenvalue weighted by Crippen LogP contribution is 2.29. The van der Waals surface area contributed by atoms with Gasteiger partial charge in [-0.3, -0.25) is 9.59 Å². The van der Waals surface area contributed by atoms with Crippen LogP contribution in [-0.2, 0) is 25.7 Å². The number of piperidine rings is 1. The van der Waals surface area contributed by atoms with Crippen molar-refractivity contribution >= 4 is 17.8 Å². The van der Waals surface area contributed by atoms with Crippen LogP contribution in [0.5, 0.6) is 11.5 Å². The van der Waals surface area contributed by atoms with Crippen molar-refractivity contribution in [2.24, 2.45) is 5.92 Å². The first-order valence-corrected chi connectivity index (χ1v) is 10.4. The first kappa shape index (κ1) is 23.1. The van der Waals surface area contributed by atoms with Gasteiger partial charge in [0.1, 0.15) is 6.61 Å². The molecule has 0 aliphatic carbocycles. The van der Waals surface area contributed by atoms with Gasteiger partial charge in [0.15, 0.2) is 18.1 Å². The van der Waals surface area contributed by atoms with Gasteiger partial charge in [0.2, 0.25) is 0 Å². The van der Waals surface area contributed by atoms with E-state index in [9.17, 15) is 14.4 Å². The fraction of sp³-hybridized carbons (Fsp3) is 0.375. The maximum absolute atomic E-state index is 12.4. The van der Waals surface area contributed by atoms with E-state index in [1.165, 1.54) is 20.3 Å². The molecule has 1 heterocycles. The average Bonchev–Trinajstić information content (AvgIpc) is 2.85. The van der Waals surface area contributed by atoms with Crippen LogP contribution in [0.3, 0.4) is 0 Å². The van der Waals surface area contributed by atoms with Crippen molar-refractivity contribution in [1.82, 2.24) is 4.90 Å². The standard InChI is InChI=1S/C24H27NO7/c1-29-21-14-19(8-9-20(21)31-15-17-6-4-3-5-7-17)24(28)32-16-22(26)25-12-10-18(11-13-25)23(27)30-2/h3-9,14,18H,10-13,15-16H2,1-2H3. The number of ether oxygens (including phenoxy) is 4. The van der Waals surface area contributed by atoms with Crippen LogP contribution in [0.4, 0.5) is 0 Å². The summed E-state index contributed by atoms with van der Waals surface area (Å²) in [5.74, 6) is -0.480. The Labute approximate surface area is 187 Å². The lowest BCUT2D eigenvalue weighted by Gasteiger charge is -2.30. The lowest BCUT2D eigenvalue weighted by atomic mass is 9.97. The second kappa shape index (κ2) is 11.2. The second-order valence-electron chi connectivity index (χ2n) is 7.39. The summed E-state index contributed by atoms with van der Waals surface area (Å²) in [6.45, 7) is 0.854. The number of amides is 1. The van der Waals surface area contributed by atoms with Gasteiger partial charge in [0, 0.05) is 13.1 Å². The minimum absolute atomic E-state index is 0.193. The molecular formula is C24H27NO7. The zero-order valence-electron chi connectivity index (χ0n) is 18.2. The summed E-state index contributed by atoms with van der Waals surface area (Å²) in [6.07, 6.45) is 1.07. The number of benzene rings is 2. The number of carbonyl (C=O) groups is 3. The smallest absolute Gasteiger partial charge is 0.338 e. The molecule has 2 aromatic rings. The van der Waals surface area contributed by atoms with Gasteiger partial charge in [-0.1, -0.05) is 30.3 Å². The van der Waals surface area contributed by atoms with Crippen LogP contribution >= 0.6 is 0 Å². The molecule has 1 aliphatic heterocycles. The Bertz CT molecular complexity index is 937. The van der Waals surface area contributed by atoms with Crippen LogP contribution in [0, 0.1) is 5.92 Å². The summed E-state index contributed by atoms with van der Waals surface area (Å²) in [5, 5.41) is 0. The fourth-order valence-electron chi connectivity index (χ4n) is 3.48. The largest absolute Gasteiger partial charge is 0.493 e. The highest BCUT2D eigenvalue weighted by Gasteiger charge is 2.28. The molecule has 1 aliphatic rings. The number of carbonyl (C=O) groups excluding carboxylic acids is 3. The quantitative estimate of drug-likeness (QED) is 0.582. The number of nitrogens with zero attached hydrogens (tertiary/aromatic N) is 1. The van der Waals surface area contributed by atoms with Crippen LogP contribution in [0.1, 0.15) is 28.8 Å². The highest BCUT2D eigenvalue weighted by atomic mass is 16.5. The van der Waals surface area contributed by atoms with Crippen molar-refractivity contribution in [3.8, 4) is 11.5 Å². The van der Waals surface area contributed by atoms with Crippen LogP contribution < -0.4 is 9.47 Å². The highest BCUT2D eigenvalue weighted by molar-refractivity contribution is 5.92. The maximum Gasteiger partial charge on any atom is 0.338 e. The van der Waals surface area contributed by atoms with E-state index < -0.39 is 5.97 Å². The van der Waals surface area contributed by atoms with Crippen molar-refractivity contribution in [3.63, 3.8) is 0 Å². The number of hydrogen-bond acceptors (Lipinski definition) is 7. The molecule has 0 saturated carbocycles. The van der Waals surface area contributed by atoms with E-state index >= 15 is 0 Å². The Morgan fingerprint density at radius 2 is 1.69 bits per heavy atom. The average molecular weight is 441 g/mol. The maximum atomic E-state index is 12.4. The molecule has 0 atom stereocenters. The molecule has 170 valence electrons. The Morgan fingerprint density at radius 1 is 0.969 bits per heavy atom. The molecule has 0 bridgehead atoms. The Morgan fingerprint density at radius 3 is 2.34 bits per heavy atom.